The van der Waals surface area contributed by atoms with E-state index in [-0.39, 0.29) is 11.3 Å². The van der Waals surface area contributed by atoms with E-state index in [0.717, 1.165) is 32.7 Å². The highest BCUT2D eigenvalue weighted by Crippen LogP contribution is 2.46. The van der Waals surface area contributed by atoms with Crippen LogP contribution in [0, 0.1) is 11.3 Å². The van der Waals surface area contributed by atoms with E-state index in [1.165, 1.54) is 6.42 Å². The van der Waals surface area contributed by atoms with Crippen molar-refractivity contribution in [3.8, 4) is 0 Å². The van der Waals surface area contributed by atoms with Crippen LogP contribution in [0.5, 0.6) is 0 Å². The van der Waals surface area contributed by atoms with E-state index in [1.54, 1.807) is 4.90 Å². The molecule has 0 aromatic heterocycles. The number of rotatable bonds is 3. The molecule has 0 unspecified atom stereocenters. The third-order valence-corrected chi connectivity index (χ3v) is 4.80. The van der Waals surface area contributed by atoms with Crippen molar-refractivity contribution in [1.82, 2.24) is 9.80 Å². The second-order valence-electron chi connectivity index (χ2n) is 7.81. The molecule has 1 N–H and O–H groups in total. The number of aliphatic carboxylic acids is 1. The molecule has 25 heavy (non-hydrogen) atoms. The summed E-state index contributed by atoms with van der Waals surface area (Å²) in [5.41, 5.74) is -1.19. The van der Waals surface area contributed by atoms with E-state index in [4.69, 9.17) is 9.90 Å². The molecule has 0 aromatic rings. The van der Waals surface area contributed by atoms with Gasteiger partial charge < -0.3 is 14.9 Å². The van der Waals surface area contributed by atoms with E-state index in [0.29, 0.717) is 18.8 Å². The van der Waals surface area contributed by atoms with E-state index in [9.17, 15) is 22.4 Å². The van der Waals surface area contributed by atoms with Gasteiger partial charge in [0.15, 0.2) is 5.67 Å². The topological polar surface area (TPSA) is 60.9 Å². The fourth-order valence-corrected chi connectivity index (χ4v) is 3.47. The van der Waals surface area contributed by atoms with Crippen LogP contribution < -0.4 is 0 Å². The molecule has 2 heterocycles. The maximum Gasteiger partial charge on any atom is 0.490 e. The molecule has 0 aromatic carbocycles. The van der Waals surface area contributed by atoms with Crippen molar-refractivity contribution in [2.24, 2.45) is 11.3 Å². The van der Waals surface area contributed by atoms with Crippen molar-refractivity contribution in [2.45, 2.75) is 45.0 Å². The van der Waals surface area contributed by atoms with Crippen LogP contribution in [0.4, 0.5) is 17.6 Å². The lowest BCUT2D eigenvalue weighted by Crippen LogP contribution is -2.61. The molecule has 3 fully saturated rings. The Morgan fingerprint density at radius 1 is 1.12 bits per heavy atom. The molecule has 1 saturated carbocycles. The maximum atomic E-state index is 13.7. The van der Waals surface area contributed by atoms with E-state index < -0.39 is 17.8 Å². The molecule has 3 rings (SSSR count). The normalized spacial score (nSPS) is 23.9. The van der Waals surface area contributed by atoms with Crippen LogP contribution in [0.3, 0.4) is 0 Å². The molecule has 144 valence electrons. The third-order valence-electron chi connectivity index (χ3n) is 4.80. The maximum absolute atomic E-state index is 13.7. The van der Waals surface area contributed by atoms with Gasteiger partial charge in [-0.2, -0.15) is 13.2 Å². The summed E-state index contributed by atoms with van der Waals surface area (Å²) < 4.78 is 45.4. The number of hydrogen-bond donors (Lipinski definition) is 1. The molecule has 1 aliphatic carbocycles. The molecule has 5 nitrogen and oxygen atoms in total. The lowest BCUT2D eigenvalue weighted by Gasteiger charge is -2.48. The Morgan fingerprint density at radius 3 is 2.04 bits per heavy atom. The van der Waals surface area contributed by atoms with Gasteiger partial charge in [-0.1, -0.05) is 13.8 Å². The number of amides is 1. The zero-order valence-corrected chi connectivity index (χ0v) is 14.4. The zero-order valence-electron chi connectivity index (χ0n) is 14.4. The van der Waals surface area contributed by atoms with Gasteiger partial charge in [0, 0.05) is 31.6 Å². The summed E-state index contributed by atoms with van der Waals surface area (Å²) in [5.74, 6) is -2.30. The Balaban J connectivity index is 0.000000277. The van der Waals surface area contributed by atoms with Gasteiger partial charge in [-0.25, -0.2) is 9.18 Å². The Morgan fingerprint density at radius 2 is 1.64 bits per heavy atom. The summed E-state index contributed by atoms with van der Waals surface area (Å²) in [6, 6.07) is 0. The molecule has 3 aliphatic rings. The first kappa shape index (κ1) is 19.9. The second kappa shape index (κ2) is 6.74. The van der Waals surface area contributed by atoms with Crippen LogP contribution >= 0.6 is 0 Å². The first-order chi connectivity index (χ1) is 11.4. The Hall–Kier alpha value is -1.38. The fraction of sp³-hybridized carbons (Fsp3) is 0.875. The number of halogens is 4. The summed E-state index contributed by atoms with van der Waals surface area (Å²) in [6.07, 6.45) is -3.04. The van der Waals surface area contributed by atoms with Crippen LogP contribution in [0.1, 0.15) is 33.1 Å². The number of hydrogen-bond acceptors (Lipinski definition) is 3. The Bertz CT molecular complexity index is 526. The van der Waals surface area contributed by atoms with E-state index in [1.807, 2.05) is 0 Å². The summed E-state index contributed by atoms with van der Waals surface area (Å²) in [4.78, 5) is 25.0. The molecule has 1 spiro atoms. The molecular formula is C16H24F4N2O3. The predicted octanol–water partition coefficient (Wildman–Crippen LogP) is 2.31. The minimum atomic E-state index is -5.08. The molecule has 0 atom stereocenters. The average Bonchev–Trinajstić information content (AvgIpc) is 3.04. The van der Waals surface area contributed by atoms with Gasteiger partial charge in [-0.3, -0.25) is 4.79 Å². The monoisotopic (exact) mass is 368 g/mol. The molecule has 0 radical (unpaired) electrons. The van der Waals surface area contributed by atoms with Gasteiger partial charge in [-0.05, 0) is 31.7 Å². The van der Waals surface area contributed by atoms with Crippen LogP contribution in [-0.4, -0.2) is 71.4 Å². The number of carbonyl (C=O) groups is 2. The van der Waals surface area contributed by atoms with Gasteiger partial charge in [-0.15, -0.1) is 0 Å². The molecule has 9 heteroatoms. The Labute approximate surface area is 144 Å². The average molecular weight is 368 g/mol. The molecule has 2 aliphatic heterocycles. The number of nitrogens with zero attached hydrogens (tertiary/aromatic N) is 2. The van der Waals surface area contributed by atoms with Crippen LogP contribution in [-0.2, 0) is 9.59 Å². The van der Waals surface area contributed by atoms with Crippen molar-refractivity contribution in [3.05, 3.63) is 0 Å². The quantitative estimate of drug-likeness (QED) is 0.777. The molecule has 0 bridgehead atoms. The number of carboxylic acid groups (broad SMARTS) is 1. The van der Waals surface area contributed by atoms with Crippen LogP contribution in [0.2, 0.25) is 0 Å². The van der Waals surface area contributed by atoms with Crippen molar-refractivity contribution in [1.29, 1.82) is 0 Å². The summed E-state index contributed by atoms with van der Waals surface area (Å²) in [6.45, 7) is 9.42. The van der Waals surface area contributed by atoms with Crippen molar-refractivity contribution in [3.63, 3.8) is 0 Å². The molecule has 1 amide bonds. The smallest absolute Gasteiger partial charge is 0.475 e. The number of carbonyl (C=O) groups excluding carboxylic acids is 1. The number of alkyl halides is 4. The van der Waals surface area contributed by atoms with Crippen molar-refractivity contribution >= 4 is 11.9 Å². The number of carboxylic acids is 1. The van der Waals surface area contributed by atoms with Gasteiger partial charge in [0.1, 0.15) is 0 Å². The summed E-state index contributed by atoms with van der Waals surface area (Å²) in [7, 11) is 0. The fourth-order valence-electron chi connectivity index (χ4n) is 3.47. The van der Waals surface area contributed by atoms with E-state index >= 15 is 0 Å². The van der Waals surface area contributed by atoms with Gasteiger partial charge in [0.25, 0.3) is 5.91 Å². The summed E-state index contributed by atoms with van der Waals surface area (Å²) in [5, 5.41) is 7.12. The minimum absolute atomic E-state index is 0.240. The van der Waals surface area contributed by atoms with E-state index in [2.05, 4.69) is 18.7 Å². The first-order valence-electron chi connectivity index (χ1n) is 8.38. The highest BCUT2D eigenvalue weighted by atomic mass is 19.4. The van der Waals surface area contributed by atoms with Gasteiger partial charge >= 0.3 is 12.1 Å². The predicted molar refractivity (Wildman–Crippen MR) is 81.7 cm³/mol. The van der Waals surface area contributed by atoms with Gasteiger partial charge in [0.05, 0.1) is 0 Å². The minimum Gasteiger partial charge on any atom is -0.475 e. The number of likely N-dealkylation sites (tertiary alicyclic amines) is 2. The highest BCUT2D eigenvalue weighted by Gasteiger charge is 2.58. The first-order valence-corrected chi connectivity index (χ1v) is 8.38. The lowest BCUT2D eigenvalue weighted by molar-refractivity contribution is -0.192. The summed E-state index contributed by atoms with van der Waals surface area (Å²) >= 11 is 0. The third kappa shape index (κ3) is 4.83. The standard InChI is InChI=1S/C14H23FN2O.C2HF3O2/c1-11(2)7-16-6-5-13(8-16)9-17(10-13)12(18)14(15)3-4-14;3-2(4,5)1(6)7/h11H,3-10H2,1-2H3;(H,6,7). The Kier molecular flexibility index (Phi) is 5.37. The molecule has 2 saturated heterocycles. The largest absolute Gasteiger partial charge is 0.490 e. The van der Waals surface area contributed by atoms with Crippen molar-refractivity contribution < 1.29 is 32.3 Å². The SMILES string of the molecule is CC(C)CN1CCC2(C1)CN(C(=O)C1(F)CC1)C2.O=C(O)C(F)(F)F. The van der Waals surface area contributed by atoms with Crippen LogP contribution in [0.15, 0.2) is 0 Å². The second-order valence-corrected chi connectivity index (χ2v) is 7.81. The zero-order chi connectivity index (χ0) is 19.0. The van der Waals surface area contributed by atoms with Gasteiger partial charge in [0.2, 0.25) is 0 Å². The highest BCUT2D eigenvalue weighted by molar-refractivity contribution is 5.88. The van der Waals surface area contributed by atoms with Crippen molar-refractivity contribution in [2.75, 3.05) is 32.7 Å². The lowest BCUT2D eigenvalue weighted by atomic mass is 9.78. The molecular weight excluding hydrogens is 344 g/mol. The van der Waals surface area contributed by atoms with Crippen LogP contribution in [0.25, 0.3) is 0 Å².